The molecule has 0 aromatic heterocycles. The second-order valence-corrected chi connectivity index (χ2v) is 12.5. The van der Waals surface area contributed by atoms with Gasteiger partial charge in [-0.1, -0.05) is 50.9 Å². The highest BCUT2D eigenvalue weighted by molar-refractivity contribution is 14.1. The fourth-order valence-electron chi connectivity index (χ4n) is 1.20. The van der Waals surface area contributed by atoms with Crippen LogP contribution in [0.15, 0.2) is 28.7 Å². The number of halogens is 3. The average molecular weight is 498 g/mol. The second-order valence-electron chi connectivity index (χ2n) is 3.42. The normalized spacial score (nSPS) is 17.5. The summed E-state index contributed by atoms with van der Waals surface area (Å²) in [6.07, 6.45) is -1.12. The van der Waals surface area contributed by atoms with E-state index in [1.54, 1.807) is 53.8 Å². The summed E-state index contributed by atoms with van der Waals surface area (Å²) in [5.74, 6) is -0.0330. The Kier molecular flexibility index (Phi) is 5.47. The van der Waals surface area contributed by atoms with E-state index in [2.05, 4.69) is 31.9 Å². The van der Waals surface area contributed by atoms with Crippen molar-refractivity contribution in [3.05, 3.63) is 34.3 Å². The molecule has 96 valence electrons. The molecule has 1 aromatic carbocycles. The summed E-state index contributed by atoms with van der Waals surface area (Å²) in [6.45, 7) is 1.55. The third-order valence-electron chi connectivity index (χ3n) is 2.30. The van der Waals surface area contributed by atoms with Crippen LogP contribution in [0.5, 0.6) is 0 Å². The molecular weight excluding hydrogens is 487 g/mol. The van der Waals surface area contributed by atoms with Crippen LogP contribution in [0.25, 0.3) is 0 Å². The summed E-state index contributed by atoms with van der Waals surface area (Å²) in [5.41, 5.74) is 0.552. The molecule has 0 spiro atoms. The van der Waals surface area contributed by atoms with Gasteiger partial charge in [-0.25, -0.2) is 8.42 Å². The van der Waals surface area contributed by atoms with Crippen LogP contribution in [0.1, 0.15) is 18.6 Å². The Morgan fingerprint density at radius 1 is 1.41 bits per heavy atom. The molecule has 0 heterocycles. The molecule has 1 N–H and O–H groups in total. The summed E-state index contributed by atoms with van der Waals surface area (Å²) in [5, 5.41) is 10.2. The Bertz CT molecular complexity index is 485. The quantitative estimate of drug-likeness (QED) is 0.512. The highest BCUT2D eigenvalue weighted by Crippen LogP contribution is 2.45. The van der Waals surface area contributed by atoms with E-state index in [9.17, 15) is 13.5 Å². The molecule has 3 nitrogen and oxygen atoms in total. The maximum atomic E-state index is 11.9. The molecule has 7 heteroatoms. The first kappa shape index (κ1) is 15.9. The molecule has 0 aliphatic rings. The van der Waals surface area contributed by atoms with Crippen molar-refractivity contribution < 1.29 is 13.5 Å². The van der Waals surface area contributed by atoms with Crippen molar-refractivity contribution >= 4 is 64.3 Å². The van der Waals surface area contributed by atoms with Gasteiger partial charge in [-0.2, -0.15) is 0 Å². The minimum atomic E-state index is -3.41. The average Bonchev–Trinajstić information content (AvgIpc) is 2.28. The van der Waals surface area contributed by atoms with Gasteiger partial charge in [0.2, 0.25) is 1.66 Å². The van der Waals surface area contributed by atoms with Crippen LogP contribution in [0.3, 0.4) is 0 Å². The van der Waals surface area contributed by atoms with E-state index in [4.69, 9.17) is 0 Å². The van der Waals surface area contributed by atoms with Crippen LogP contribution in [0.4, 0.5) is 0 Å². The van der Waals surface area contributed by atoms with Gasteiger partial charge in [-0.3, -0.25) is 0 Å². The summed E-state index contributed by atoms with van der Waals surface area (Å²) >= 11 is 8.13. The molecule has 0 aliphatic heterocycles. The lowest BCUT2D eigenvalue weighted by Crippen LogP contribution is -2.33. The zero-order valence-corrected chi connectivity index (χ0v) is 15.0. The van der Waals surface area contributed by atoms with Gasteiger partial charge in [0.25, 0.3) is 0 Å². The molecule has 1 aromatic rings. The lowest BCUT2D eigenvalue weighted by molar-refractivity contribution is 0.191. The smallest absolute Gasteiger partial charge is 0.207 e. The Morgan fingerprint density at radius 3 is 2.29 bits per heavy atom. The van der Waals surface area contributed by atoms with E-state index in [0.29, 0.717) is 5.56 Å². The summed E-state index contributed by atoms with van der Waals surface area (Å²) < 4.78 is 23.2. The van der Waals surface area contributed by atoms with Crippen LogP contribution >= 0.6 is 54.5 Å². The second kappa shape index (κ2) is 5.85. The number of rotatable bonds is 4. The van der Waals surface area contributed by atoms with Gasteiger partial charge >= 0.3 is 0 Å². The van der Waals surface area contributed by atoms with Crippen molar-refractivity contribution in [2.24, 2.45) is 0 Å². The zero-order chi connectivity index (χ0) is 13.3. The Hall–Kier alpha value is 0.820. The number of aliphatic hydroxyl groups is 1. The lowest BCUT2D eigenvalue weighted by Gasteiger charge is -2.26. The monoisotopic (exact) mass is 496 g/mol. The number of benzene rings is 1. The molecular formula is C10H11Br2IO3S. The Labute approximate surface area is 131 Å². The zero-order valence-electron chi connectivity index (χ0n) is 8.90. The molecule has 0 saturated heterocycles. The van der Waals surface area contributed by atoms with E-state index in [1.165, 1.54) is 0 Å². The molecule has 0 aliphatic carbocycles. The predicted molar refractivity (Wildman–Crippen MR) is 84.2 cm³/mol. The van der Waals surface area contributed by atoms with Gasteiger partial charge < -0.3 is 5.11 Å². The van der Waals surface area contributed by atoms with Crippen molar-refractivity contribution in [2.45, 2.75) is 14.7 Å². The first-order valence-electron chi connectivity index (χ1n) is 4.76. The number of alkyl halides is 2. The molecule has 0 saturated carbocycles. The summed E-state index contributed by atoms with van der Waals surface area (Å²) in [4.78, 5) is 0. The third-order valence-corrected chi connectivity index (χ3v) is 9.16. The van der Waals surface area contributed by atoms with E-state index >= 15 is 0 Å². The molecule has 2 atom stereocenters. The number of hydrogen-bond acceptors (Lipinski definition) is 3. The fourth-order valence-corrected chi connectivity index (χ4v) is 4.57. The van der Waals surface area contributed by atoms with Crippen LogP contribution in [0.2, 0.25) is 0 Å². The molecule has 17 heavy (non-hydrogen) atoms. The Morgan fingerprint density at radius 2 is 1.88 bits per heavy atom. The minimum Gasteiger partial charge on any atom is -0.385 e. The van der Waals surface area contributed by atoms with E-state index < -0.39 is 17.6 Å². The Balaban J connectivity index is 3.12. The number of aliphatic hydroxyl groups excluding tert-OH is 1. The van der Waals surface area contributed by atoms with Gasteiger partial charge in [-0.05, 0) is 40.3 Å². The van der Waals surface area contributed by atoms with Gasteiger partial charge in [0, 0.05) is 10.2 Å². The van der Waals surface area contributed by atoms with E-state index in [1.807, 2.05) is 0 Å². The van der Waals surface area contributed by atoms with Gasteiger partial charge in [-0.15, -0.1) is 0 Å². The molecule has 1 rings (SSSR count). The van der Waals surface area contributed by atoms with E-state index in [0.717, 1.165) is 4.47 Å². The van der Waals surface area contributed by atoms with Gasteiger partial charge in [0.05, 0.1) is 0 Å². The molecule has 0 bridgehead atoms. The SMILES string of the molecule is CCS(=O)(=O)[C@@](Br)(I)[C@@H](O)c1ccc(Br)cc1. The third kappa shape index (κ3) is 3.43. The topological polar surface area (TPSA) is 54.4 Å². The highest BCUT2D eigenvalue weighted by Gasteiger charge is 2.44. The maximum absolute atomic E-state index is 11.9. The van der Waals surface area contributed by atoms with Gasteiger partial charge in [0.1, 0.15) is 6.10 Å². The summed E-state index contributed by atoms with van der Waals surface area (Å²) in [6, 6.07) is 6.90. The molecule has 0 radical (unpaired) electrons. The van der Waals surface area contributed by atoms with Crippen LogP contribution in [-0.4, -0.2) is 20.9 Å². The standard InChI is InChI=1S/C10H11Br2IO3S/c1-2-17(15,16)10(12,13)9(14)7-3-5-8(11)6-4-7/h3-6,9,14H,2H2,1H3/t9-,10-/m0/s1. The van der Waals surface area contributed by atoms with E-state index in [-0.39, 0.29) is 5.75 Å². The summed E-state index contributed by atoms with van der Waals surface area (Å²) in [7, 11) is -3.41. The maximum Gasteiger partial charge on any atom is 0.207 e. The fraction of sp³-hybridized carbons (Fsp3) is 0.400. The predicted octanol–water partition coefficient (Wildman–Crippen LogP) is 3.40. The molecule has 0 amide bonds. The van der Waals surface area contributed by atoms with Crippen molar-refractivity contribution in [2.75, 3.05) is 5.75 Å². The molecule has 0 unspecified atom stereocenters. The molecule has 0 fully saturated rings. The van der Waals surface area contributed by atoms with Crippen molar-refractivity contribution in [1.29, 1.82) is 0 Å². The lowest BCUT2D eigenvalue weighted by atomic mass is 10.1. The highest BCUT2D eigenvalue weighted by atomic mass is 127. The number of sulfone groups is 1. The minimum absolute atomic E-state index is 0.0330. The van der Waals surface area contributed by atoms with Crippen LogP contribution in [-0.2, 0) is 9.84 Å². The number of hydrogen-bond donors (Lipinski definition) is 1. The first-order chi connectivity index (χ1) is 7.72. The van der Waals surface area contributed by atoms with Crippen molar-refractivity contribution in [3.63, 3.8) is 0 Å². The van der Waals surface area contributed by atoms with Crippen molar-refractivity contribution in [3.8, 4) is 0 Å². The first-order valence-corrected chi connectivity index (χ1v) is 9.07. The van der Waals surface area contributed by atoms with Gasteiger partial charge in [0.15, 0.2) is 9.84 Å². The van der Waals surface area contributed by atoms with Crippen LogP contribution in [0, 0.1) is 0 Å². The van der Waals surface area contributed by atoms with Crippen molar-refractivity contribution in [1.82, 2.24) is 0 Å². The van der Waals surface area contributed by atoms with Crippen LogP contribution < -0.4 is 0 Å². The largest absolute Gasteiger partial charge is 0.385 e.